The standard InChI is InChI=1S/C9H10Cl2O/c1-3-6-7(10)4-5-8(12-2)9(6)11/h4-5H,3H2,1-2H3. The van der Waals surface area contributed by atoms with E-state index in [4.69, 9.17) is 27.9 Å². The van der Waals surface area contributed by atoms with Crippen LogP contribution in [0.1, 0.15) is 12.5 Å². The summed E-state index contributed by atoms with van der Waals surface area (Å²) in [5, 5.41) is 1.32. The van der Waals surface area contributed by atoms with Gasteiger partial charge in [-0.25, -0.2) is 0 Å². The number of hydrogen-bond donors (Lipinski definition) is 0. The van der Waals surface area contributed by atoms with E-state index in [-0.39, 0.29) is 0 Å². The zero-order valence-electron chi connectivity index (χ0n) is 7.03. The average Bonchev–Trinajstić information content (AvgIpc) is 2.06. The molecule has 0 bridgehead atoms. The average molecular weight is 205 g/mol. The van der Waals surface area contributed by atoms with Crippen molar-refractivity contribution in [2.45, 2.75) is 13.3 Å². The Kier molecular flexibility index (Phi) is 3.24. The molecule has 12 heavy (non-hydrogen) atoms. The fourth-order valence-corrected chi connectivity index (χ4v) is 1.77. The number of hydrogen-bond acceptors (Lipinski definition) is 1. The molecule has 0 saturated heterocycles. The highest BCUT2D eigenvalue weighted by molar-refractivity contribution is 6.36. The zero-order valence-corrected chi connectivity index (χ0v) is 8.54. The minimum atomic E-state index is 0.618. The molecule has 0 heterocycles. The Bertz CT molecular complexity index is 284. The highest BCUT2D eigenvalue weighted by Gasteiger charge is 2.08. The van der Waals surface area contributed by atoms with Crippen molar-refractivity contribution in [1.82, 2.24) is 0 Å². The molecule has 0 aliphatic heterocycles. The second-order valence-electron chi connectivity index (χ2n) is 2.40. The Balaban J connectivity index is 3.24. The van der Waals surface area contributed by atoms with E-state index in [1.54, 1.807) is 19.2 Å². The summed E-state index contributed by atoms with van der Waals surface area (Å²) in [7, 11) is 1.59. The van der Waals surface area contributed by atoms with Gasteiger partial charge in [-0.15, -0.1) is 0 Å². The second kappa shape index (κ2) is 4.01. The van der Waals surface area contributed by atoms with Gasteiger partial charge in [0.2, 0.25) is 0 Å². The van der Waals surface area contributed by atoms with Crippen LogP contribution in [0, 0.1) is 0 Å². The van der Waals surface area contributed by atoms with Gasteiger partial charge in [0.1, 0.15) is 5.75 Å². The maximum Gasteiger partial charge on any atom is 0.137 e. The Morgan fingerprint density at radius 2 is 2.00 bits per heavy atom. The summed E-state index contributed by atoms with van der Waals surface area (Å²) in [4.78, 5) is 0. The maximum absolute atomic E-state index is 6.00. The summed E-state index contributed by atoms with van der Waals surface area (Å²) in [5.41, 5.74) is 0.942. The Labute approximate surface area is 82.2 Å². The van der Waals surface area contributed by atoms with Gasteiger partial charge < -0.3 is 4.74 Å². The third-order valence-electron chi connectivity index (χ3n) is 1.72. The third kappa shape index (κ3) is 1.67. The molecule has 0 saturated carbocycles. The van der Waals surface area contributed by atoms with E-state index >= 15 is 0 Å². The number of methoxy groups -OCH3 is 1. The van der Waals surface area contributed by atoms with Crippen LogP contribution in [-0.4, -0.2) is 7.11 Å². The minimum Gasteiger partial charge on any atom is -0.495 e. The van der Waals surface area contributed by atoms with E-state index in [1.807, 2.05) is 6.92 Å². The predicted molar refractivity (Wildman–Crippen MR) is 52.4 cm³/mol. The lowest BCUT2D eigenvalue weighted by Crippen LogP contribution is -1.89. The van der Waals surface area contributed by atoms with E-state index in [9.17, 15) is 0 Å². The van der Waals surface area contributed by atoms with Crippen LogP contribution in [0.25, 0.3) is 0 Å². The van der Waals surface area contributed by atoms with Crippen LogP contribution in [0.15, 0.2) is 12.1 Å². The first-order valence-corrected chi connectivity index (χ1v) is 4.47. The fourth-order valence-electron chi connectivity index (χ4n) is 1.06. The topological polar surface area (TPSA) is 9.23 Å². The molecule has 0 fully saturated rings. The molecule has 0 aliphatic carbocycles. The van der Waals surface area contributed by atoms with Crippen LogP contribution in [0.3, 0.4) is 0 Å². The number of benzene rings is 1. The van der Waals surface area contributed by atoms with Gasteiger partial charge in [-0.3, -0.25) is 0 Å². The third-order valence-corrected chi connectivity index (χ3v) is 2.49. The van der Waals surface area contributed by atoms with E-state index in [1.165, 1.54) is 0 Å². The Morgan fingerprint density at radius 3 is 2.50 bits per heavy atom. The van der Waals surface area contributed by atoms with E-state index in [0.29, 0.717) is 15.8 Å². The first-order chi connectivity index (χ1) is 5.70. The van der Waals surface area contributed by atoms with Crippen molar-refractivity contribution in [3.63, 3.8) is 0 Å². The normalized spacial score (nSPS) is 10.0. The number of halogens is 2. The summed E-state index contributed by atoms with van der Waals surface area (Å²) >= 11 is 11.9. The second-order valence-corrected chi connectivity index (χ2v) is 3.18. The van der Waals surface area contributed by atoms with Crippen LogP contribution >= 0.6 is 23.2 Å². The minimum absolute atomic E-state index is 0.618. The fraction of sp³-hybridized carbons (Fsp3) is 0.333. The van der Waals surface area contributed by atoms with E-state index in [2.05, 4.69) is 0 Å². The molecule has 0 aliphatic rings. The van der Waals surface area contributed by atoms with Crippen molar-refractivity contribution in [2.24, 2.45) is 0 Å². The molecule has 0 unspecified atom stereocenters. The van der Waals surface area contributed by atoms with Gasteiger partial charge in [0.05, 0.1) is 12.1 Å². The maximum atomic E-state index is 6.00. The van der Waals surface area contributed by atoms with Crippen LogP contribution < -0.4 is 4.74 Å². The molecule has 1 aromatic rings. The molecule has 3 heteroatoms. The molecular weight excluding hydrogens is 195 g/mol. The molecular formula is C9H10Cl2O. The highest BCUT2D eigenvalue weighted by atomic mass is 35.5. The van der Waals surface area contributed by atoms with Crippen LogP contribution in [0.2, 0.25) is 10.0 Å². The van der Waals surface area contributed by atoms with Crippen LogP contribution in [0.4, 0.5) is 0 Å². The number of ether oxygens (including phenoxy) is 1. The van der Waals surface area contributed by atoms with Crippen LogP contribution in [-0.2, 0) is 6.42 Å². The van der Waals surface area contributed by atoms with Gasteiger partial charge in [0, 0.05) is 5.02 Å². The lowest BCUT2D eigenvalue weighted by atomic mass is 10.1. The molecule has 0 spiro atoms. The van der Waals surface area contributed by atoms with E-state index < -0.39 is 0 Å². The predicted octanol–water partition coefficient (Wildman–Crippen LogP) is 3.56. The van der Waals surface area contributed by atoms with Crippen molar-refractivity contribution >= 4 is 23.2 Å². The lowest BCUT2D eigenvalue weighted by Gasteiger charge is -2.08. The van der Waals surface area contributed by atoms with Crippen molar-refractivity contribution in [1.29, 1.82) is 0 Å². The van der Waals surface area contributed by atoms with Crippen molar-refractivity contribution in [3.05, 3.63) is 27.7 Å². The van der Waals surface area contributed by atoms with Gasteiger partial charge in [-0.2, -0.15) is 0 Å². The largest absolute Gasteiger partial charge is 0.495 e. The van der Waals surface area contributed by atoms with Gasteiger partial charge in [0.15, 0.2) is 0 Å². The van der Waals surface area contributed by atoms with Crippen molar-refractivity contribution in [3.8, 4) is 5.75 Å². The monoisotopic (exact) mass is 204 g/mol. The summed E-state index contributed by atoms with van der Waals surface area (Å²) in [6.45, 7) is 2.01. The molecule has 0 aromatic heterocycles. The van der Waals surface area contributed by atoms with Gasteiger partial charge in [0.25, 0.3) is 0 Å². The molecule has 0 N–H and O–H groups in total. The first kappa shape index (κ1) is 9.69. The Morgan fingerprint density at radius 1 is 1.33 bits per heavy atom. The quantitative estimate of drug-likeness (QED) is 0.717. The molecule has 0 atom stereocenters. The van der Waals surface area contributed by atoms with Crippen molar-refractivity contribution < 1.29 is 4.74 Å². The number of rotatable bonds is 2. The summed E-state index contributed by atoms with van der Waals surface area (Å²) in [6, 6.07) is 3.56. The first-order valence-electron chi connectivity index (χ1n) is 3.71. The van der Waals surface area contributed by atoms with Gasteiger partial charge >= 0.3 is 0 Å². The molecule has 1 rings (SSSR count). The van der Waals surface area contributed by atoms with E-state index in [0.717, 1.165) is 12.0 Å². The summed E-state index contributed by atoms with van der Waals surface area (Å²) in [5.74, 6) is 0.679. The molecule has 1 aromatic carbocycles. The summed E-state index contributed by atoms with van der Waals surface area (Å²) in [6.07, 6.45) is 0.814. The summed E-state index contributed by atoms with van der Waals surface area (Å²) < 4.78 is 5.05. The van der Waals surface area contributed by atoms with Gasteiger partial charge in [-0.1, -0.05) is 30.1 Å². The van der Waals surface area contributed by atoms with Crippen LogP contribution in [0.5, 0.6) is 5.75 Å². The SMILES string of the molecule is CCc1c(Cl)ccc(OC)c1Cl. The Hall–Kier alpha value is -0.400. The molecule has 1 nitrogen and oxygen atoms in total. The molecule has 66 valence electrons. The lowest BCUT2D eigenvalue weighted by molar-refractivity contribution is 0.414. The van der Waals surface area contributed by atoms with Crippen molar-refractivity contribution in [2.75, 3.05) is 7.11 Å². The zero-order chi connectivity index (χ0) is 9.14. The molecule has 0 radical (unpaired) electrons. The van der Waals surface area contributed by atoms with Gasteiger partial charge in [-0.05, 0) is 24.1 Å². The molecule has 0 amide bonds. The smallest absolute Gasteiger partial charge is 0.137 e. The highest BCUT2D eigenvalue weighted by Crippen LogP contribution is 2.33.